The number of hydrazine groups is 1. The lowest BCUT2D eigenvalue weighted by atomic mass is 10.2. The Morgan fingerprint density at radius 3 is 2.80 bits per heavy atom. The van der Waals surface area contributed by atoms with Crippen molar-refractivity contribution in [3.8, 4) is 5.75 Å². The molecule has 1 aromatic carbocycles. The van der Waals surface area contributed by atoms with Crippen LogP contribution < -0.4 is 16.0 Å². The number of thiophene rings is 1. The standard InChI is InChI=1S/C14H15ClN2O2S/c1-8-3-4-12(11(15)5-8)19-7-10-6-13(14(18)17-16)20-9(10)2/h3-6H,7,16H2,1-2H3,(H,17,18). The molecule has 0 unspecified atom stereocenters. The highest BCUT2D eigenvalue weighted by atomic mass is 35.5. The second kappa shape index (κ2) is 6.26. The summed E-state index contributed by atoms with van der Waals surface area (Å²) < 4.78 is 5.70. The van der Waals surface area contributed by atoms with E-state index in [1.807, 2.05) is 32.0 Å². The van der Waals surface area contributed by atoms with Crippen LogP contribution in [0, 0.1) is 13.8 Å². The summed E-state index contributed by atoms with van der Waals surface area (Å²) in [6.45, 7) is 4.27. The van der Waals surface area contributed by atoms with E-state index in [0.29, 0.717) is 22.3 Å². The monoisotopic (exact) mass is 310 g/mol. The van der Waals surface area contributed by atoms with Gasteiger partial charge in [0.1, 0.15) is 12.4 Å². The van der Waals surface area contributed by atoms with E-state index in [-0.39, 0.29) is 5.91 Å². The van der Waals surface area contributed by atoms with E-state index in [2.05, 4.69) is 5.43 Å². The minimum Gasteiger partial charge on any atom is -0.487 e. The van der Waals surface area contributed by atoms with Gasteiger partial charge in [0.05, 0.1) is 9.90 Å². The molecule has 0 radical (unpaired) electrons. The second-order valence-corrected chi connectivity index (χ2v) is 6.05. The largest absolute Gasteiger partial charge is 0.487 e. The van der Waals surface area contributed by atoms with Gasteiger partial charge in [-0.2, -0.15) is 0 Å². The Morgan fingerprint density at radius 1 is 1.40 bits per heavy atom. The van der Waals surface area contributed by atoms with Crippen molar-refractivity contribution in [2.75, 3.05) is 0 Å². The fourth-order valence-corrected chi connectivity index (χ4v) is 2.95. The molecule has 0 aliphatic carbocycles. The van der Waals surface area contributed by atoms with E-state index in [1.165, 1.54) is 11.3 Å². The molecule has 106 valence electrons. The first-order chi connectivity index (χ1) is 9.51. The molecular formula is C14H15ClN2O2S. The van der Waals surface area contributed by atoms with Crippen molar-refractivity contribution in [3.05, 3.63) is 50.2 Å². The van der Waals surface area contributed by atoms with Crippen molar-refractivity contribution in [1.82, 2.24) is 5.43 Å². The van der Waals surface area contributed by atoms with Gasteiger partial charge in [-0.05, 0) is 37.6 Å². The lowest BCUT2D eigenvalue weighted by molar-refractivity contribution is 0.0957. The van der Waals surface area contributed by atoms with E-state index in [4.69, 9.17) is 22.2 Å². The maximum absolute atomic E-state index is 11.5. The van der Waals surface area contributed by atoms with Crippen molar-refractivity contribution in [3.63, 3.8) is 0 Å². The normalized spacial score (nSPS) is 10.4. The van der Waals surface area contributed by atoms with Gasteiger partial charge in [-0.15, -0.1) is 11.3 Å². The highest BCUT2D eigenvalue weighted by molar-refractivity contribution is 7.14. The molecule has 20 heavy (non-hydrogen) atoms. The minimum atomic E-state index is -0.294. The Balaban J connectivity index is 2.11. The SMILES string of the molecule is Cc1ccc(OCc2cc(C(=O)NN)sc2C)c(Cl)c1. The first kappa shape index (κ1) is 14.8. The number of carbonyl (C=O) groups is 1. The third-order valence-electron chi connectivity index (χ3n) is 2.85. The Hall–Kier alpha value is -1.56. The molecule has 0 saturated heterocycles. The fourth-order valence-electron chi connectivity index (χ4n) is 1.72. The van der Waals surface area contributed by atoms with Crippen LogP contribution in [0.25, 0.3) is 0 Å². The number of aryl methyl sites for hydroxylation is 2. The first-order valence-corrected chi connectivity index (χ1v) is 7.20. The van der Waals surface area contributed by atoms with Crippen LogP contribution in [0.5, 0.6) is 5.75 Å². The zero-order valence-corrected chi connectivity index (χ0v) is 12.8. The maximum atomic E-state index is 11.5. The van der Waals surface area contributed by atoms with Gasteiger partial charge in [0.15, 0.2) is 0 Å². The molecule has 2 aromatic rings. The number of hydrogen-bond donors (Lipinski definition) is 2. The Labute approximate surface area is 126 Å². The van der Waals surface area contributed by atoms with Crippen LogP contribution >= 0.6 is 22.9 Å². The number of amides is 1. The van der Waals surface area contributed by atoms with Crippen LogP contribution in [0.2, 0.25) is 5.02 Å². The number of nitrogens with two attached hydrogens (primary N) is 1. The summed E-state index contributed by atoms with van der Waals surface area (Å²) in [5, 5.41) is 0.581. The Morgan fingerprint density at radius 2 is 2.15 bits per heavy atom. The van der Waals surface area contributed by atoms with Gasteiger partial charge in [0.25, 0.3) is 5.91 Å². The third kappa shape index (κ3) is 3.30. The molecule has 0 spiro atoms. The number of ether oxygens (including phenoxy) is 1. The molecule has 1 aromatic heterocycles. The maximum Gasteiger partial charge on any atom is 0.275 e. The molecule has 1 amide bonds. The van der Waals surface area contributed by atoms with Crippen molar-refractivity contribution in [1.29, 1.82) is 0 Å². The van der Waals surface area contributed by atoms with Gasteiger partial charge in [0, 0.05) is 10.4 Å². The molecule has 4 nitrogen and oxygen atoms in total. The van der Waals surface area contributed by atoms with Crippen molar-refractivity contribution < 1.29 is 9.53 Å². The summed E-state index contributed by atoms with van der Waals surface area (Å²) in [6.07, 6.45) is 0. The van der Waals surface area contributed by atoms with E-state index in [1.54, 1.807) is 6.07 Å². The number of halogens is 1. The lowest BCUT2D eigenvalue weighted by Gasteiger charge is -2.08. The van der Waals surface area contributed by atoms with Crippen LogP contribution in [0.15, 0.2) is 24.3 Å². The van der Waals surface area contributed by atoms with E-state index >= 15 is 0 Å². The second-order valence-electron chi connectivity index (χ2n) is 4.39. The number of carbonyl (C=O) groups excluding carboxylic acids is 1. The van der Waals surface area contributed by atoms with Crippen molar-refractivity contribution in [2.45, 2.75) is 20.5 Å². The number of rotatable bonds is 4. The predicted molar refractivity (Wildman–Crippen MR) is 81.2 cm³/mol. The topological polar surface area (TPSA) is 64.3 Å². The minimum absolute atomic E-state index is 0.294. The Kier molecular flexibility index (Phi) is 4.65. The molecule has 0 atom stereocenters. The highest BCUT2D eigenvalue weighted by Gasteiger charge is 2.12. The van der Waals surface area contributed by atoms with Gasteiger partial charge in [-0.25, -0.2) is 5.84 Å². The summed E-state index contributed by atoms with van der Waals surface area (Å²) in [4.78, 5) is 13.0. The lowest BCUT2D eigenvalue weighted by Crippen LogP contribution is -2.29. The number of benzene rings is 1. The number of nitrogens with one attached hydrogen (secondary N) is 1. The van der Waals surface area contributed by atoms with Gasteiger partial charge >= 0.3 is 0 Å². The number of nitrogen functional groups attached to an aromatic ring is 1. The average Bonchev–Trinajstić information content (AvgIpc) is 2.78. The summed E-state index contributed by atoms with van der Waals surface area (Å²) in [5.41, 5.74) is 4.15. The van der Waals surface area contributed by atoms with Gasteiger partial charge in [0.2, 0.25) is 0 Å². The Bertz CT molecular complexity index is 640. The number of hydrogen-bond acceptors (Lipinski definition) is 4. The molecule has 6 heteroatoms. The van der Waals surface area contributed by atoms with E-state index in [9.17, 15) is 4.79 Å². The van der Waals surface area contributed by atoms with Crippen LogP contribution in [-0.4, -0.2) is 5.91 Å². The zero-order chi connectivity index (χ0) is 14.7. The molecule has 2 rings (SSSR count). The van der Waals surface area contributed by atoms with Crippen LogP contribution in [0.3, 0.4) is 0 Å². The fraction of sp³-hybridized carbons (Fsp3) is 0.214. The van der Waals surface area contributed by atoms with Crippen LogP contribution in [0.4, 0.5) is 0 Å². The van der Waals surface area contributed by atoms with Gasteiger partial charge < -0.3 is 4.74 Å². The van der Waals surface area contributed by atoms with Gasteiger partial charge in [-0.3, -0.25) is 10.2 Å². The quantitative estimate of drug-likeness (QED) is 0.518. The van der Waals surface area contributed by atoms with Gasteiger partial charge in [-0.1, -0.05) is 17.7 Å². The predicted octanol–water partition coefficient (Wildman–Crippen LogP) is 3.20. The molecule has 0 saturated carbocycles. The molecule has 0 fully saturated rings. The smallest absolute Gasteiger partial charge is 0.275 e. The highest BCUT2D eigenvalue weighted by Crippen LogP contribution is 2.28. The van der Waals surface area contributed by atoms with Crippen molar-refractivity contribution in [2.24, 2.45) is 5.84 Å². The summed E-state index contributed by atoms with van der Waals surface area (Å²) >= 11 is 7.49. The van der Waals surface area contributed by atoms with Crippen LogP contribution in [-0.2, 0) is 6.61 Å². The summed E-state index contributed by atoms with van der Waals surface area (Å²) in [6, 6.07) is 7.41. The molecule has 0 aliphatic rings. The molecule has 3 N–H and O–H groups in total. The summed E-state index contributed by atoms with van der Waals surface area (Å²) in [5.74, 6) is 5.46. The van der Waals surface area contributed by atoms with Crippen LogP contribution in [0.1, 0.15) is 25.7 Å². The first-order valence-electron chi connectivity index (χ1n) is 6.00. The van der Waals surface area contributed by atoms with E-state index < -0.39 is 0 Å². The molecule has 0 bridgehead atoms. The van der Waals surface area contributed by atoms with E-state index in [0.717, 1.165) is 16.0 Å². The van der Waals surface area contributed by atoms with Crippen molar-refractivity contribution >= 4 is 28.8 Å². The molecule has 1 heterocycles. The molecule has 0 aliphatic heterocycles. The molecular weight excluding hydrogens is 296 g/mol. The average molecular weight is 311 g/mol. The zero-order valence-electron chi connectivity index (χ0n) is 11.2. The third-order valence-corrected chi connectivity index (χ3v) is 4.23. The summed E-state index contributed by atoms with van der Waals surface area (Å²) in [7, 11) is 0.